The van der Waals surface area contributed by atoms with E-state index >= 15 is 0 Å². The molecule has 0 saturated carbocycles. The molecule has 1 N–H and O–H groups in total. The number of ether oxygens (including phenoxy) is 3. The van der Waals surface area contributed by atoms with Crippen molar-refractivity contribution in [2.75, 3.05) is 37.6 Å². The van der Waals surface area contributed by atoms with Crippen LogP contribution in [0, 0.1) is 12.8 Å². The molecule has 1 saturated heterocycles. The molecular weight excluding hydrogens is 424 g/mol. The molecule has 3 rings (SSSR count). The van der Waals surface area contributed by atoms with E-state index in [2.05, 4.69) is 5.32 Å². The van der Waals surface area contributed by atoms with E-state index in [9.17, 15) is 14.4 Å². The molecule has 1 atom stereocenters. The minimum absolute atomic E-state index is 0.0382. The third kappa shape index (κ3) is 5.27. The molecule has 1 fully saturated rings. The van der Waals surface area contributed by atoms with Crippen LogP contribution in [0.4, 0.5) is 11.4 Å². The first kappa shape index (κ1) is 22.4. The highest BCUT2D eigenvalue weighted by Gasteiger charge is 2.36. The van der Waals surface area contributed by atoms with E-state index in [1.54, 1.807) is 4.90 Å². The van der Waals surface area contributed by atoms with E-state index in [4.69, 9.17) is 25.8 Å². The molecule has 31 heavy (non-hydrogen) atoms. The number of halogens is 1. The molecule has 0 radical (unpaired) electrons. The van der Waals surface area contributed by atoms with E-state index in [0.717, 1.165) is 11.3 Å². The van der Waals surface area contributed by atoms with E-state index in [1.165, 1.54) is 26.4 Å². The number of aryl methyl sites for hydroxylation is 1. The van der Waals surface area contributed by atoms with Crippen molar-refractivity contribution >= 4 is 40.8 Å². The lowest BCUT2D eigenvalue weighted by Gasteiger charge is -2.17. The predicted molar refractivity (Wildman–Crippen MR) is 116 cm³/mol. The van der Waals surface area contributed by atoms with Gasteiger partial charge in [0.1, 0.15) is 11.5 Å². The highest BCUT2D eigenvalue weighted by Crippen LogP contribution is 2.35. The summed E-state index contributed by atoms with van der Waals surface area (Å²) in [5.41, 5.74) is 2.13. The van der Waals surface area contributed by atoms with Gasteiger partial charge in [-0.05, 0) is 19.1 Å². The SMILES string of the molecule is COc1cc(NC(=O)COC(=O)C2CC(=O)N(c3ccc(C)cc3)C2)c(OC)cc1Cl. The number of carbonyl (C=O) groups is 3. The van der Waals surface area contributed by atoms with Crippen molar-refractivity contribution in [2.24, 2.45) is 5.92 Å². The number of amides is 2. The van der Waals surface area contributed by atoms with Crippen molar-refractivity contribution in [3.63, 3.8) is 0 Å². The van der Waals surface area contributed by atoms with Crippen LogP contribution >= 0.6 is 11.6 Å². The summed E-state index contributed by atoms with van der Waals surface area (Å²) < 4.78 is 15.5. The quantitative estimate of drug-likeness (QED) is 0.656. The van der Waals surface area contributed by atoms with Crippen LogP contribution in [-0.2, 0) is 19.1 Å². The van der Waals surface area contributed by atoms with Crippen molar-refractivity contribution in [1.29, 1.82) is 0 Å². The van der Waals surface area contributed by atoms with Gasteiger partial charge in [-0.3, -0.25) is 14.4 Å². The Labute approximate surface area is 185 Å². The zero-order chi connectivity index (χ0) is 22.5. The first-order chi connectivity index (χ1) is 14.8. The summed E-state index contributed by atoms with van der Waals surface area (Å²) in [4.78, 5) is 38.5. The van der Waals surface area contributed by atoms with Gasteiger partial charge in [0, 0.05) is 30.8 Å². The van der Waals surface area contributed by atoms with Gasteiger partial charge in [-0.1, -0.05) is 29.3 Å². The maximum atomic E-state index is 12.4. The topological polar surface area (TPSA) is 94.2 Å². The minimum Gasteiger partial charge on any atom is -0.495 e. The van der Waals surface area contributed by atoms with Crippen molar-refractivity contribution in [2.45, 2.75) is 13.3 Å². The second kappa shape index (κ2) is 9.70. The Morgan fingerprint density at radius 1 is 1.13 bits per heavy atom. The maximum absolute atomic E-state index is 12.4. The summed E-state index contributed by atoms with van der Waals surface area (Å²) in [5, 5.41) is 2.93. The number of carbonyl (C=O) groups excluding carboxylic acids is 3. The third-order valence-corrected chi connectivity index (χ3v) is 5.19. The first-order valence-corrected chi connectivity index (χ1v) is 9.95. The summed E-state index contributed by atoms with van der Waals surface area (Å²) in [6.45, 7) is 1.67. The predicted octanol–water partition coefficient (Wildman–Crippen LogP) is 3.20. The van der Waals surface area contributed by atoms with Gasteiger partial charge >= 0.3 is 5.97 Å². The largest absolute Gasteiger partial charge is 0.495 e. The van der Waals surface area contributed by atoms with Crippen molar-refractivity contribution in [3.05, 3.63) is 47.0 Å². The van der Waals surface area contributed by atoms with Crippen LogP contribution in [0.5, 0.6) is 11.5 Å². The Hall–Kier alpha value is -3.26. The molecule has 1 unspecified atom stereocenters. The molecule has 0 aliphatic carbocycles. The van der Waals surface area contributed by atoms with Gasteiger partial charge in [0.25, 0.3) is 5.91 Å². The summed E-state index contributed by atoms with van der Waals surface area (Å²) in [7, 11) is 2.88. The Morgan fingerprint density at radius 3 is 2.45 bits per heavy atom. The zero-order valence-corrected chi connectivity index (χ0v) is 18.2. The fourth-order valence-electron chi connectivity index (χ4n) is 3.24. The molecular formula is C22H23ClN2O6. The van der Waals surface area contributed by atoms with Crippen LogP contribution in [0.15, 0.2) is 36.4 Å². The Kier molecular flexibility index (Phi) is 7.02. The van der Waals surface area contributed by atoms with Gasteiger partial charge in [-0.25, -0.2) is 0 Å². The lowest BCUT2D eigenvalue weighted by molar-refractivity contribution is -0.151. The monoisotopic (exact) mass is 446 g/mol. The molecule has 0 aromatic heterocycles. The average molecular weight is 447 g/mol. The van der Waals surface area contributed by atoms with E-state index in [1.807, 2.05) is 31.2 Å². The van der Waals surface area contributed by atoms with Crippen LogP contribution in [-0.4, -0.2) is 45.2 Å². The number of rotatable bonds is 7. The van der Waals surface area contributed by atoms with Crippen molar-refractivity contribution in [3.8, 4) is 11.5 Å². The molecule has 8 nitrogen and oxygen atoms in total. The van der Waals surface area contributed by atoms with E-state index < -0.39 is 24.4 Å². The number of esters is 1. The van der Waals surface area contributed by atoms with E-state index in [-0.39, 0.29) is 18.9 Å². The Balaban J connectivity index is 1.57. The number of benzene rings is 2. The van der Waals surface area contributed by atoms with Gasteiger partial charge in [-0.15, -0.1) is 0 Å². The minimum atomic E-state index is -0.633. The van der Waals surface area contributed by atoms with Gasteiger partial charge in [-0.2, -0.15) is 0 Å². The molecule has 9 heteroatoms. The number of hydrogen-bond donors (Lipinski definition) is 1. The summed E-state index contributed by atoms with van der Waals surface area (Å²) in [6.07, 6.45) is 0.0382. The van der Waals surface area contributed by atoms with Crippen molar-refractivity contribution in [1.82, 2.24) is 0 Å². The van der Waals surface area contributed by atoms with Gasteiger partial charge in [0.2, 0.25) is 5.91 Å². The Bertz CT molecular complexity index is 992. The van der Waals surface area contributed by atoms with Gasteiger partial charge < -0.3 is 24.4 Å². The lowest BCUT2D eigenvalue weighted by Crippen LogP contribution is -2.28. The molecule has 2 aromatic carbocycles. The smallest absolute Gasteiger partial charge is 0.311 e. The number of methoxy groups -OCH3 is 2. The fraction of sp³-hybridized carbons (Fsp3) is 0.318. The van der Waals surface area contributed by atoms with Gasteiger partial charge in [0.15, 0.2) is 6.61 Å². The fourth-order valence-corrected chi connectivity index (χ4v) is 3.47. The second-order valence-corrected chi connectivity index (χ2v) is 7.49. The molecule has 0 bridgehead atoms. The molecule has 1 aliphatic heterocycles. The lowest BCUT2D eigenvalue weighted by atomic mass is 10.1. The summed E-state index contributed by atoms with van der Waals surface area (Å²) in [5.74, 6) is -1.26. The molecule has 164 valence electrons. The van der Waals surface area contributed by atoms with Crippen LogP contribution < -0.4 is 19.7 Å². The second-order valence-electron chi connectivity index (χ2n) is 7.08. The molecule has 1 heterocycles. The van der Waals surface area contributed by atoms with E-state index in [0.29, 0.717) is 22.2 Å². The highest BCUT2D eigenvalue weighted by molar-refractivity contribution is 6.32. The summed E-state index contributed by atoms with van der Waals surface area (Å²) in [6, 6.07) is 10.5. The number of anilines is 2. The van der Waals surface area contributed by atoms with Crippen LogP contribution in [0.1, 0.15) is 12.0 Å². The maximum Gasteiger partial charge on any atom is 0.311 e. The molecule has 0 spiro atoms. The molecule has 1 aliphatic rings. The van der Waals surface area contributed by atoms with Crippen LogP contribution in [0.2, 0.25) is 5.02 Å². The van der Waals surface area contributed by atoms with Crippen molar-refractivity contribution < 1.29 is 28.6 Å². The Morgan fingerprint density at radius 2 is 1.81 bits per heavy atom. The number of nitrogens with one attached hydrogen (secondary N) is 1. The molecule has 2 amide bonds. The zero-order valence-electron chi connectivity index (χ0n) is 17.4. The highest BCUT2D eigenvalue weighted by atomic mass is 35.5. The normalized spacial score (nSPS) is 15.5. The first-order valence-electron chi connectivity index (χ1n) is 9.57. The summed E-state index contributed by atoms with van der Waals surface area (Å²) >= 11 is 6.05. The average Bonchev–Trinajstić information content (AvgIpc) is 3.15. The number of nitrogens with zero attached hydrogens (tertiary/aromatic N) is 1. The molecule has 2 aromatic rings. The standard InChI is InChI=1S/C22H23ClN2O6/c1-13-4-6-15(7-5-13)25-11-14(8-21(25)27)22(28)31-12-20(26)24-17-10-18(29-2)16(23)9-19(17)30-3/h4-7,9-10,14H,8,11-12H2,1-3H3,(H,24,26). The van der Waals surface area contributed by atoms with Gasteiger partial charge in [0.05, 0.1) is 30.8 Å². The van der Waals surface area contributed by atoms with Crippen LogP contribution in [0.3, 0.4) is 0 Å². The number of hydrogen-bond acceptors (Lipinski definition) is 6. The third-order valence-electron chi connectivity index (χ3n) is 4.90. The van der Waals surface area contributed by atoms with Crippen LogP contribution in [0.25, 0.3) is 0 Å².